The van der Waals surface area contributed by atoms with Crippen LogP contribution in [0, 0.1) is 0 Å². The Hall–Kier alpha value is -5.42. The van der Waals surface area contributed by atoms with Gasteiger partial charge in [0, 0.05) is 39.4 Å². The maximum atomic E-state index is 6.41. The standard InChI is InChI=1S/C39H27N3O2/c1-39-22-24-12-3-2-11-23(24)21-33(39)42(29-17-7-6-16-28(29)39)37-35(40-36-26-14-5-9-19-31(26)44-38(36)41-37)27-15-10-20-32-34(27)25-13-4-8-18-30(25)43-32/h2-7,9-17,19-21H,8,18,22H2,1H3. The molecule has 4 heterocycles. The third-order valence-electron chi connectivity index (χ3n) is 9.75. The molecule has 1 aliphatic heterocycles. The van der Waals surface area contributed by atoms with Gasteiger partial charge in [-0.1, -0.05) is 78.9 Å². The number of anilines is 2. The van der Waals surface area contributed by atoms with Gasteiger partial charge in [0.05, 0.1) is 5.69 Å². The quantitative estimate of drug-likeness (QED) is 0.207. The molecular weight excluding hydrogens is 542 g/mol. The van der Waals surface area contributed by atoms with Crippen molar-refractivity contribution in [3.63, 3.8) is 0 Å². The Morgan fingerprint density at radius 1 is 0.818 bits per heavy atom. The normalized spacial score (nSPS) is 18.4. The SMILES string of the molecule is CC12Cc3ccccc3C=C1N(c1nc3oc4ccccc4c3nc1-c1cccc3oc4c(c13)C=CCC4)c1ccccc12. The van der Waals surface area contributed by atoms with Crippen LogP contribution in [0.3, 0.4) is 0 Å². The minimum atomic E-state index is -0.226. The van der Waals surface area contributed by atoms with Gasteiger partial charge < -0.3 is 8.83 Å². The average Bonchev–Trinajstić information content (AvgIpc) is 3.70. The van der Waals surface area contributed by atoms with Crippen molar-refractivity contribution >= 4 is 56.8 Å². The Morgan fingerprint density at radius 2 is 1.66 bits per heavy atom. The predicted molar refractivity (Wildman–Crippen MR) is 176 cm³/mol. The zero-order valence-corrected chi connectivity index (χ0v) is 24.2. The summed E-state index contributed by atoms with van der Waals surface area (Å²) >= 11 is 0. The molecule has 0 radical (unpaired) electrons. The van der Waals surface area contributed by atoms with Crippen molar-refractivity contribution in [2.24, 2.45) is 0 Å². The van der Waals surface area contributed by atoms with Gasteiger partial charge in [-0.2, -0.15) is 4.98 Å². The van der Waals surface area contributed by atoms with E-state index in [9.17, 15) is 0 Å². The third kappa shape index (κ3) is 3.13. The smallest absolute Gasteiger partial charge is 0.248 e. The summed E-state index contributed by atoms with van der Waals surface area (Å²) in [7, 11) is 0. The van der Waals surface area contributed by atoms with Crippen molar-refractivity contribution in [2.75, 3.05) is 4.90 Å². The molecule has 0 N–H and O–H groups in total. The first-order valence-electron chi connectivity index (χ1n) is 15.3. The first-order chi connectivity index (χ1) is 21.7. The number of hydrogen-bond donors (Lipinski definition) is 0. The van der Waals surface area contributed by atoms with Crippen LogP contribution in [0.5, 0.6) is 0 Å². The highest BCUT2D eigenvalue weighted by molar-refractivity contribution is 6.07. The number of nitrogens with zero attached hydrogens (tertiary/aromatic N) is 3. The van der Waals surface area contributed by atoms with Crippen LogP contribution in [-0.2, 0) is 18.3 Å². The number of benzene rings is 4. The number of furan rings is 2. The molecule has 4 aromatic carbocycles. The lowest BCUT2D eigenvalue weighted by Crippen LogP contribution is -2.31. The van der Waals surface area contributed by atoms with E-state index < -0.39 is 0 Å². The van der Waals surface area contributed by atoms with Gasteiger partial charge in [0.2, 0.25) is 5.71 Å². The lowest BCUT2D eigenvalue weighted by molar-refractivity contribution is 0.546. The van der Waals surface area contributed by atoms with Crippen LogP contribution in [0.25, 0.3) is 56.6 Å². The number of hydrogen-bond acceptors (Lipinski definition) is 5. The maximum absolute atomic E-state index is 6.41. The van der Waals surface area contributed by atoms with E-state index in [-0.39, 0.29) is 5.41 Å². The molecule has 7 aromatic rings. The second kappa shape index (κ2) is 8.57. The zero-order chi connectivity index (χ0) is 29.0. The summed E-state index contributed by atoms with van der Waals surface area (Å²) in [5.41, 5.74) is 11.9. The second-order valence-corrected chi connectivity index (χ2v) is 12.3. The predicted octanol–water partition coefficient (Wildman–Crippen LogP) is 9.76. The summed E-state index contributed by atoms with van der Waals surface area (Å²) < 4.78 is 12.8. The van der Waals surface area contributed by atoms with Gasteiger partial charge in [0.15, 0.2) is 5.82 Å². The monoisotopic (exact) mass is 569 g/mol. The van der Waals surface area contributed by atoms with Crippen molar-refractivity contribution in [1.82, 2.24) is 9.97 Å². The fraction of sp³-hybridized carbons (Fsp3) is 0.128. The van der Waals surface area contributed by atoms with E-state index in [1.54, 1.807) is 0 Å². The van der Waals surface area contributed by atoms with Gasteiger partial charge in [0.25, 0.3) is 0 Å². The minimum Gasteiger partial charge on any atom is -0.460 e. The molecule has 0 spiro atoms. The second-order valence-electron chi connectivity index (χ2n) is 12.3. The molecule has 5 heteroatoms. The molecule has 3 aromatic heterocycles. The first-order valence-corrected chi connectivity index (χ1v) is 15.3. The average molecular weight is 570 g/mol. The molecule has 210 valence electrons. The third-order valence-corrected chi connectivity index (χ3v) is 9.75. The minimum absolute atomic E-state index is 0.226. The summed E-state index contributed by atoms with van der Waals surface area (Å²) in [5.74, 6) is 1.80. The Morgan fingerprint density at radius 3 is 2.64 bits per heavy atom. The molecule has 0 fully saturated rings. The van der Waals surface area contributed by atoms with Crippen molar-refractivity contribution < 1.29 is 8.83 Å². The van der Waals surface area contributed by atoms with Crippen molar-refractivity contribution in [3.8, 4) is 11.3 Å². The topological polar surface area (TPSA) is 55.3 Å². The first kappa shape index (κ1) is 24.1. The van der Waals surface area contributed by atoms with E-state index in [1.807, 2.05) is 18.2 Å². The molecule has 0 saturated carbocycles. The van der Waals surface area contributed by atoms with Gasteiger partial charge in [-0.15, -0.1) is 0 Å². The number of fused-ring (bicyclic) bond motifs is 10. The van der Waals surface area contributed by atoms with Gasteiger partial charge in [-0.05, 0) is 66.8 Å². The molecular formula is C39H27N3O2. The molecule has 1 unspecified atom stereocenters. The van der Waals surface area contributed by atoms with Crippen molar-refractivity contribution in [1.29, 1.82) is 0 Å². The van der Waals surface area contributed by atoms with Crippen LogP contribution in [0.2, 0.25) is 0 Å². The highest BCUT2D eigenvalue weighted by atomic mass is 16.3. The van der Waals surface area contributed by atoms with E-state index in [0.717, 1.165) is 80.8 Å². The molecule has 1 atom stereocenters. The van der Waals surface area contributed by atoms with E-state index in [4.69, 9.17) is 18.8 Å². The molecule has 0 bridgehead atoms. The zero-order valence-electron chi connectivity index (χ0n) is 24.2. The fourth-order valence-electron chi connectivity index (χ4n) is 7.70. The molecule has 2 aliphatic carbocycles. The Kier molecular flexibility index (Phi) is 4.69. The van der Waals surface area contributed by atoms with Gasteiger partial charge in [-0.3, -0.25) is 4.90 Å². The number of aryl methyl sites for hydroxylation is 1. The molecule has 3 aliphatic rings. The molecule has 5 nitrogen and oxygen atoms in total. The maximum Gasteiger partial charge on any atom is 0.248 e. The largest absolute Gasteiger partial charge is 0.460 e. The van der Waals surface area contributed by atoms with Crippen LogP contribution >= 0.6 is 0 Å². The van der Waals surface area contributed by atoms with E-state index in [1.165, 1.54) is 22.4 Å². The number of aromatic nitrogens is 2. The fourth-order valence-corrected chi connectivity index (χ4v) is 7.70. The molecule has 10 rings (SSSR count). The molecule has 44 heavy (non-hydrogen) atoms. The lowest BCUT2D eigenvalue weighted by Gasteiger charge is -2.34. The van der Waals surface area contributed by atoms with Crippen molar-refractivity contribution in [2.45, 2.75) is 31.6 Å². The van der Waals surface area contributed by atoms with Crippen LogP contribution in [0.4, 0.5) is 11.5 Å². The van der Waals surface area contributed by atoms with E-state index >= 15 is 0 Å². The summed E-state index contributed by atoms with van der Waals surface area (Å²) in [6.45, 7) is 2.36. The summed E-state index contributed by atoms with van der Waals surface area (Å²) in [5, 5.41) is 2.04. The molecule has 0 amide bonds. The summed E-state index contributed by atoms with van der Waals surface area (Å²) in [4.78, 5) is 13.1. The highest BCUT2D eigenvalue weighted by Gasteiger charge is 2.47. The number of para-hydroxylation sites is 2. The van der Waals surface area contributed by atoms with Crippen LogP contribution < -0.4 is 4.90 Å². The van der Waals surface area contributed by atoms with Gasteiger partial charge in [-0.25, -0.2) is 4.98 Å². The Bertz CT molecular complexity index is 2410. The van der Waals surface area contributed by atoms with Crippen LogP contribution in [0.1, 0.15) is 41.4 Å². The lowest BCUT2D eigenvalue weighted by atomic mass is 9.72. The summed E-state index contributed by atoms with van der Waals surface area (Å²) in [6, 6.07) is 31.8. The van der Waals surface area contributed by atoms with E-state index in [0.29, 0.717) is 5.71 Å². The number of rotatable bonds is 2. The Balaban J connectivity index is 1.33. The number of allylic oxidation sites excluding steroid dienone is 2. The van der Waals surface area contributed by atoms with Crippen LogP contribution in [0.15, 0.2) is 112 Å². The highest BCUT2D eigenvalue weighted by Crippen LogP contribution is 2.56. The Labute approximate surface area is 253 Å². The van der Waals surface area contributed by atoms with Gasteiger partial charge in [0.1, 0.15) is 28.1 Å². The van der Waals surface area contributed by atoms with E-state index in [2.05, 4.69) is 103 Å². The van der Waals surface area contributed by atoms with Crippen molar-refractivity contribution in [3.05, 3.63) is 131 Å². The summed E-state index contributed by atoms with van der Waals surface area (Å²) in [6.07, 6.45) is 9.58. The molecule has 0 saturated heterocycles. The van der Waals surface area contributed by atoms with Crippen LogP contribution in [-0.4, -0.2) is 9.97 Å². The van der Waals surface area contributed by atoms with Gasteiger partial charge >= 0.3 is 0 Å².